The van der Waals surface area contributed by atoms with Crippen LogP contribution in [0.5, 0.6) is 0 Å². The van der Waals surface area contributed by atoms with Crippen LogP contribution in [0.1, 0.15) is 12.0 Å². The highest BCUT2D eigenvalue weighted by Gasteiger charge is 2.49. The summed E-state index contributed by atoms with van der Waals surface area (Å²) in [5.41, 5.74) is 0.863. The first-order valence-electron chi connectivity index (χ1n) is 5.72. The van der Waals surface area contributed by atoms with Crippen molar-refractivity contribution < 1.29 is 14.7 Å². The lowest BCUT2D eigenvalue weighted by Crippen LogP contribution is -2.28. The Kier molecular flexibility index (Phi) is 3.57. The minimum absolute atomic E-state index is 0.123. The lowest BCUT2D eigenvalue weighted by molar-refractivity contribution is -0.141. The number of amides is 1. The summed E-state index contributed by atoms with van der Waals surface area (Å²) in [6.07, 6.45) is 0.445. The molecule has 1 fully saturated rings. The molecule has 4 nitrogen and oxygen atoms in total. The van der Waals surface area contributed by atoms with Gasteiger partial charge in [0.05, 0.1) is 11.8 Å². The summed E-state index contributed by atoms with van der Waals surface area (Å²) in [6, 6.07) is 7.31. The van der Waals surface area contributed by atoms with Crippen molar-refractivity contribution >= 4 is 23.5 Å². The number of benzene rings is 1. The smallest absolute Gasteiger partial charge is 0.307 e. The molecular formula is C13H14ClNO3. The number of halogens is 1. The summed E-state index contributed by atoms with van der Waals surface area (Å²) in [7, 11) is 1.67. The molecule has 2 rings (SSSR count). The van der Waals surface area contributed by atoms with Gasteiger partial charge in [0.15, 0.2) is 0 Å². The van der Waals surface area contributed by atoms with E-state index in [4.69, 9.17) is 16.7 Å². The third-order valence-electron chi connectivity index (χ3n) is 3.17. The maximum absolute atomic E-state index is 12.0. The van der Waals surface area contributed by atoms with Crippen molar-refractivity contribution in [3.05, 3.63) is 34.9 Å². The highest BCUT2D eigenvalue weighted by Crippen LogP contribution is 2.40. The number of hydrogen-bond acceptors (Lipinski definition) is 2. The van der Waals surface area contributed by atoms with E-state index in [1.54, 1.807) is 13.1 Å². The van der Waals surface area contributed by atoms with Crippen LogP contribution in [-0.4, -0.2) is 28.9 Å². The van der Waals surface area contributed by atoms with Gasteiger partial charge >= 0.3 is 5.97 Å². The zero-order valence-corrected chi connectivity index (χ0v) is 10.7. The Morgan fingerprint density at radius 2 is 2.06 bits per heavy atom. The monoisotopic (exact) mass is 267 g/mol. The molecule has 0 bridgehead atoms. The molecule has 1 N–H and O–H groups in total. The predicted molar refractivity (Wildman–Crippen MR) is 67.2 cm³/mol. The summed E-state index contributed by atoms with van der Waals surface area (Å²) in [4.78, 5) is 24.2. The second-order valence-corrected chi connectivity index (χ2v) is 4.98. The third kappa shape index (κ3) is 2.64. The van der Waals surface area contributed by atoms with Crippen molar-refractivity contribution in [1.29, 1.82) is 0 Å². The average molecular weight is 268 g/mol. The van der Waals surface area contributed by atoms with Crippen molar-refractivity contribution in [2.75, 3.05) is 7.05 Å². The highest BCUT2D eigenvalue weighted by atomic mass is 35.5. The summed E-state index contributed by atoms with van der Waals surface area (Å²) in [5.74, 6) is -1.89. The van der Waals surface area contributed by atoms with E-state index in [1.807, 2.05) is 18.2 Å². The lowest BCUT2D eigenvalue weighted by atomic mass is 10.2. The van der Waals surface area contributed by atoms with Crippen LogP contribution in [-0.2, 0) is 16.1 Å². The number of hydrogen-bond donors (Lipinski definition) is 1. The number of nitrogens with zero attached hydrogens (tertiary/aromatic N) is 1. The van der Waals surface area contributed by atoms with Crippen molar-refractivity contribution in [2.45, 2.75) is 13.0 Å². The van der Waals surface area contributed by atoms with Gasteiger partial charge in [0.2, 0.25) is 5.91 Å². The van der Waals surface area contributed by atoms with Crippen molar-refractivity contribution in [3.8, 4) is 0 Å². The predicted octanol–water partition coefficient (Wildman–Crippen LogP) is 2.02. The molecule has 2 atom stereocenters. The molecule has 1 aromatic rings. The quantitative estimate of drug-likeness (QED) is 0.908. The van der Waals surface area contributed by atoms with Crippen LogP contribution in [0.25, 0.3) is 0 Å². The van der Waals surface area contributed by atoms with Gasteiger partial charge < -0.3 is 10.0 Å². The normalized spacial score (nSPS) is 21.4. The largest absolute Gasteiger partial charge is 0.481 e. The standard InChI is InChI=1S/C13H14ClNO3/c1-15(7-8-4-2-3-5-11(8)14)12(16)9-6-10(9)13(17)18/h2-5,9-10H,6-7H2,1H3,(H,17,18)/t9-,10+/m0/s1. The average Bonchev–Trinajstić information content (AvgIpc) is 3.11. The van der Waals surface area contributed by atoms with Crippen LogP contribution in [0, 0.1) is 11.8 Å². The van der Waals surface area contributed by atoms with Crippen molar-refractivity contribution in [3.63, 3.8) is 0 Å². The summed E-state index contributed by atoms with van der Waals surface area (Å²) >= 11 is 6.02. The van der Waals surface area contributed by atoms with Gasteiger partial charge in [-0.05, 0) is 18.1 Å². The third-order valence-corrected chi connectivity index (χ3v) is 3.54. The van der Waals surface area contributed by atoms with Gasteiger partial charge in [-0.15, -0.1) is 0 Å². The fourth-order valence-corrected chi connectivity index (χ4v) is 2.18. The molecule has 96 valence electrons. The van der Waals surface area contributed by atoms with Crippen LogP contribution >= 0.6 is 11.6 Å². The van der Waals surface area contributed by atoms with Crippen molar-refractivity contribution in [2.24, 2.45) is 11.8 Å². The van der Waals surface area contributed by atoms with E-state index in [2.05, 4.69) is 0 Å². The Balaban J connectivity index is 1.97. The minimum atomic E-state index is -0.889. The number of carbonyl (C=O) groups excluding carboxylic acids is 1. The van der Waals surface area contributed by atoms with E-state index >= 15 is 0 Å². The van der Waals surface area contributed by atoms with Gasteiger partial charge in [-0.1, -0.05) is 29.8 Å². The Hall–Kier alpha value is -1.55. The maximum atomic E-state index is 12.0. The van der Waals surface area contributed by atoms with E-state index in [1.165, 1.54) is 4.90 Å². The molecular weight excluding hydrogens is 254 g/mol. The number of carboxylic acids is 1. The maximum Gasteiger partial charge on any atom is 0.307 e. The lowest BCUT2D eigenvalue weighted by Gasteiger charge is -2.17. The number of rotatable bonds is 4. The molecule has 1 amide bonds. The molecule has 1 aromatic carbocycles. The first kappa shape index (κ1) is 12.9. The Morgan fingerprint density at radius 3 is 2.61 bits per heavy atom. The zero-order chi connectivity index (χ0) is 13.3. The molecule has 0 aliphatic heterocycles. The number of carboxylic acid groups (broad SMARTS) is 1. The topological polar surface area (TPSA) is 57.6 Å². The summed E-state index contributed by atoms with van der Waals surface area (Å²) in [6.45, 7) is 0.404. The van der Waals surface area contributed by atoms with Crippen LogP contribution in [0.3, 0.4) is 0 Å². The van der Waals surface area contributed by atoms with E-state index in [9.17, 15) is 9.59 Å². The first-order chi connectivity index (χ1) is 8.50. The molecule has 0 aromatic heterocycles. The van der Waals surface area contributed by atoms with E-state index in [-0.39, 0.29) is 11.8 Å². The molecule has 1 aliphatic carbocycles. The van der Waals surface area contributed by atoms with Crippen LogP contribution in [0.4, 0.5) is 0 Å². The fraction of sp³-hybridized carbons (Fsp3) is 0.385. The summed E-state index contributed by atoms with van der Waals surface area (Å²) in [5, 5.41) is 9.41. The van der Waals surface area contributed by atoms with Gasteiger partial charge in [0.25, 0.3) is 0 Å². The Labute approximate surface area is 110 Å². The Bertz CT molecular complexity index is 489. The minimum Gasteiger partial charge on any atom is -0.481 e. The van der Waals surface area contributed by atoms with Crippen molar-refractivity contribution in [1.82, 2.24) is 4.90 Å². The molecule has 0 unspecified atom stereocenters. The molecule has 5 heteroatoms. The zero-order valence-electron chi connectivity index (χ0n) is 9.97. The van der Waals surface area contributed by atoms with Gasteiger partial charge in [0, 0.05) is 18.6 Å². The number of aliphatic carboxylic acids is 1. The number of carbonyl (C=O) groups is 2. The summed E-state index contributed by atoms with van der Waals surface area (Å²) < 4.78 is 0. The molecule has 0 radical (unpaired) electrons. The van der Waals surface area contributed by atoms with E-state index in [0.29, 0.717) is 18.0 Å². The van der Waals surface area contributed by atoms with Crippen LogP contribution in [0.2, 0.25) is 5.02 Å². The molecule has 18 heavy (non-hydrogen) atoms. The van der Waals surface area contributed by atoms with Gasteiger partial charge in [0.1, 0.15) is 0 Å². The van der Waals surface area contributed by atoms with Crippen LogP contribution in [0.15, 0.2) is 24.3 Å². The van der Waals surface area contributed by atoms with Gasteiger partial charge in [-0.3, -0.25) is 9.59 Å². The Morgan fingerprint density at radius 1 is 1.39 bits per heavy atom. The van der Waals surface area contributed by atoms with E-state index < -0.39 is 11.9 Å². The second-order valence-electron chi connectivity index (χ2n) is 4.57. The van der Waals surface area contributed by atoms with Gasteiger partial charge in [-0.2, -0.15) is 0 Å². The highest BCUT2D eigenvalue weighted by molar-refractivity contribution is 6.31. The molecule has 0 saturated heterocycles. The second kappa shape index (κ2) is 4.98. The molecule has 0 heterocycles. The SMILES string of the molecule is CN(Cc1ccccc1Cl)C(=O)[C@H]1C[C@H]1C(=O)O. The van der Waals surface area contributed by atoms with Gasteiger partial charge in [-0.25, -0.2) is 0 Å². The fourth-order valence-electron chi connectivity index (χ4n) is 1.98. The molecule has 1 saturated carbocycles. The van der Waals surface area contributed by atoms with E-state index in [0.717, 1.165) is 5.56 Å². The first-order valence-corrected chi connectivity index (χ1v) is 6.09. The van der Waals surface area contributed by atoms with Crippen LogP contribution < -0.4 is 0 Å². The molecule has 0 spiro atoms. The molecule has 1 aliphatic rings.